The largest absolute Gasteiger partial charge is 0.573 e. The Labute approximate surface area is 183 Å². The van der Waals surface area contributed by atoms with Gasteiger partial charge in [-0.3, -0.25) is 4.79 Å². The number of thioether (sulfide) groups is 1. The van der Waals surface area contributed by atoms with Crippen LogP contribution in [0.25, 0.3) is 0 Å². The maximum absolute atomic E-state index is 12.8. The summed E-state index contributed by atoms with van der Waals surface area (Å²) < 4.78 is 67.3. The zero-order chi connectivity index (χ0) is 22.6. The number of piperazine rings is 1. The van der Waals surface area contributed by atoms with Crippen LogP contribution in [0.1, 0.15) is 5.56 Å². The van der Waals surface area contributed by atoms with Crippen LogP contribution in [0.3, 0.4) is 0 Å². The van der Waals surface area contributed by atoms with Gasteiger partial charge in [-0.2, -0.15) is 4.31 Å². The van der Waals surface area contributed by atoms with Gasteiger partial charge in [0, 0.05) is 31.1 Å². The van der Waals surface area contributed by atoms with Gasteiger partial charge < -0.3 is 9.64 Å². The summed E-state index contributed by atoms with van der Waals surface area (Å²) in [5, 5.41) is 0. The molecule has 1 saturated heterocycles. The smallest absolute Gasteiger partial charge is 0.406 e. The van der Waals surface area contributed by atoms with Crippen molar-refractivity contribution in [1.29, 1.82) is 0 Å². The van der Waals surface area contributed by atoms with E-state index in [0.717, 1.165) is 34.7 Å². The number of aryl methyl sites for hydroxylation is 1. The topological polar surface area (TPSA) is 66.9 Å². The molecule has 0 spiro atoms. The Bertz CT molecular complexity index is 1020. The number of carbonyl (C=O) groups excluding carboxylic acids is 1. The molecule has 1 aliphatic rings. The number of hydrogen-bond donors (Lipinski definition) is 0. The molecule has 6 nitrogen and oxygen atoms in total. The van der Waals surface area contributed by atoms with E-state index >= 15 is 0 Å². The number of amides is 1. The molecule has 11 heteroatoms. The van der Waals surface area contributed by atoms with Gasteiger partial charge in [-0.25, -0.2) is 8.42 Å². The predicted molar refractivity (Wildman–Crippen MR) is 110 cm³/mol. The van der Waals surface area contributed by atoms with Crippen LogP contribution in [0.15, 0.2) is 58.3 Å². The Balaban J connectivity index is 1.55. The van der Waals surface area contributed by atoms with E-state index in [1.807, 2.05) is 31.2 Å². The molecule has 0 saturated carbocycles. The summed E-state index contributed by atoms with van der Waals surface area (Å²) in [6.07, 6.45) is -4.85. The lowest BCUT2D eigenvalue weighted by Gasteiger charge is -2.34. The molecule has 0 aliphatic carbocycles. The Kier molecular flexibility index (Phi) is 7.17. The van der Waals surface area contributed by atoms with Crippen LogP contribution in [-0.2, 0) is 14.8 Å². The highest BCUT2D eigenvalue weighted by Gasteiger charge is 2.32. The van der Waals surface area contributed by atoms with Gasteiger partial charge in [-0.15, -0.1) is 24.9 Å². The van der Waals surface area contributed by atoms with Gasteiger partial charge in [0.1, 0.15) is 5.75 Å². The fourth-order valence-electron chi connectivity index (χ4n) is 3.09. The molecule has 31 heavy (non-hydrogen) atoms. The maximum Gasteiger partial charge on any atom is 0.573 e. The van der Waals surface area contributed by atoms with E-state index in [2.05, 4.69) is 4.74 Å². The van der Waals surface area contributed by atoms with Crippen LogP contribution in [0.4, 0.5) is 13.2 Å². The van der Waals surface area contributed by atoms with Gasteiger partial charge in [0.05, 0.1) is 10.6 Å². The number of rotatable bonds is 6. The predicted octanol–water partition coefficient (Wildman–Crippen LogP) is 3.52. The Morgan fingerprint density at radius 2 is 1.65 bits per heavy atom. The highest BCUT2D eigenvalue weighted by Crippen LogP contribution is 2.26. The molecule has 1 amide bonds. The average Bonchev–Trinajstić information content (AvgIpc) is 2.72. The molecule has 0 atom stereocenters. The van der Waals surface area contributed by atoms with Crippen LogP contribution in [0, 0.1) is 6.92 Å². The highest BCUT2D eigenvalue weighted by molar-refractivity contribution is 8.00. The fraction of sp³-hybridized carbons (Fsp3) is 0.350. The molecule has 1 heterocycles. The lowest BCUT2D eigenvalue weighted by molar-refractivity contribution is -0.274. The Morgan fingerprint density at radius 1 is 1.03 bits per heavy atom. The number of benzene rings is 2. The van der Waals surface area contributed by atoms with Crippen molar-refractivity contribution in [2.75, 3.05) is 31.9 Å². The van der Waals surface area contributed by atoms with Crippen molar-refractivity contribution in [2.24, 2.45) is 0 Å². The minimum atomic E-state index is -4.85. The first kappa shape index (κ1) is 23.4. The van der Waals surface area contributed by atoms with E-state index in [9.17, 15) is 26.4 Å². The molecule has 0 radical (unpaired) electrons. The third kappa shape index (κ3) is 6.14. The normalized spacial score (nSPS) is 15.7. The second-order valence-corrected chi connectivity index (χ2v) is 9.81. The second-order valence-electron chi connectivity index (χ2n) is 6.86. The lowest BCUT2D eigenvalue weighted by atomic mass is 10.2. The quantitative estimate of drug-likeness (QED) is 0.600. The highest BCUT2D eigenvalue weighted by atomic mass is 32.2. The van der Waals surface area contributed by atoms with Crippen molar-refractivity contribution in [1.82, 2.24) is 9.21 Å². The maximum atomic E-state index is 12.8. The molecule has 0 N–H and O–H groups in total. The number of hydrogen-bond acceptors (Lipinski definition) is 5. The van der Waals surface area contributed by atoms with Crippen LogP contribution >= 0.6 is 11.8 Å². The van der Waals surface area contributed by atoms with Crippen molar-refractivity contribution in [3.05, 3.63) is 54.1 Å². The van der Waals surface area contributed by atoms with E-state index in [4.69, 9.17) is 0 Å². The van der Waals surface area contributed by atoms with Gasteiger partial charge in [0.15, 0.2) is 0 Å². The van der Waals surface area contributed by atoms with Crippen molar-refractivity contribution >= 4 is 27.7 Å². The first-order chi connectivity index (χ1) is 14.6. The Morgan fingerprint density at radius 3 is 2.23 bits per heavy atom. The molecule has 168 valence electrons. The third-order valence-corrected chi connectivity index (χ3v) is 7.80. The summed E-state index contributed by atoms with van der Waals surface area (Å²) in [6, 6.07) is 11.8. The van der Waals surface area contributed by atoms with E-state index in [0.29, 0.717) is 0 Å². The molecule has 2 aromatic rings. The monoisotopic (exact) mass is 474 g/mol. The van der Waals surface area contributed by atoms with Crippen molar-refractivity contribution in [3.63, 3.8) is 0 Å². The average molecular weight is 475 g/mol. The molecule has 3 rings (SSSR count). The molecule has 1 aliphatic heterocycles. The molecular weight excluding hydrogens is 453 g/mol. The van der Waals surface area contributed by atoms with Gasteiger partial charge in [0.2, 0.25) is 15.9 Å². The molecule has 2 aromatic carbocycles. The number of halogens is 3. The van der Waals surface area contributed by atoms with Crippen molar-refractivity contribution in [2.45, 2.75) is 23.1 Å². The lowest BCUT2D eigenvalue weighted by Crippen LogP contribution is -2.50. The van der Waals surface area contributed by atoms with E-state index in [1.54, 1.807) is 4.90 Å². The summed E-state index contributed by atoms with van der Waals surface area (Å²) in [7, 11) is -3.88. The van der Waals surface area contributed by atoms with Crippen LogP contribution in [0.5, 0.6) is 5.75 Å². The van der Waals surface area contributed by atoms with Gasteiger partial charge >= 0.3 is 6.36 Å². The Hall–Kier alpha value is -2.24. The number of ether oxygens (including phenoxy) is 1. The standard InChI is InChI=1S/C20H21F3N2O4S2/c1-15-4-2-3-5-18(15)30-14-19(26)24-10-12-25(13-11-24)31(27,28)17-8-6-16(7-9-17)29-20(21,22)23/h2-9H,10-14H2,1H3. The second kappa shape index (κ2) is 9.49. The summed E-state index contributed by atoms with van der Waals surface area (Å²) in [5.74, 6) is -0.301. The van der Waals surface area contributed by atoms with E-state index in [-0.39, 0.29) is 42.7 Å². The third-order valence-electron chi connectivity index (χ3n) is 4.73. The summed E-state index contributed by atoms with van der Waals surface area (Å²) in [4.78, 5) is 15.0. The number of carbonyl (C=O) groups is 1. The fourth-order valence-corrected chi connectivity index (χ4v) is 5.44. The van der Waals surface area contributed by atoms with E-state index < -0.39 is 22.1 Å². The zero-order valence-electron chi connectivity index (χ0n) is 16.6. The molecule has 0 unspecified atom stereocenters. The van der Waals surface area contributed by atoms with Crippen molar-refractivity contribution < 1.29 is 31.1 Å². The molecular formula is C20H21F3N2O4S2. The zero-order valence-corrected chi connectivity index (χ0v) is 18.3. The van der Waals surface area contributed by atoms with Gasteiger partial charge in [-0.05, 0) is 42.8 Å². The number of alkyl halides is 3. The van der Waals surface area contributed by atoms with E-state index in [1.165, 1.54) is 16.1 Å². The SMILES string of the molecule is Cc1ccccc1SCC(=O)N1CCN(S(=O)(=O)c2ccc(OC(F)(F)F)cc2)CC1. The molecule has 1 fully saturated rings. The summed E-state index contributed by atoms with van der Waals surface area (Å²) in [5.41, 5.74) is 1.09. The number of nitrogens with zero attached hydrogens (tertiary/aromatic N) is 2. The first-order valence-corrected chi connectivity index (χ1v) is 11.8. The van der Waals surface area contributed by atoms with Gasteiger partial charge in [0.25, 0.3) is 0 Å². The van der Waals surface area contributed by atoms with Gasteiger partial charge in [-0.1, -0.05) is 18.2 Å². The van der Waals surface area contributed by atoms with Crippen molar-refractivity contribution in [3.8, 4) is 5.75 Å². The molecule has 0 aromatic heterocycles. The summed E-state index contributed by atoms with van der Waals surface area (Å²) in [6.45, 7) is 2.70. The minimum absolute atomic E-state index is 0.0704. The van der Waals surface area contributed by atoms with Crippen LogP contribution in [-0.4, -0.2) is 61.8 Å². The summed E-state index contributed by atoms with van der Waals surface area (Å²) >= 11 is 1.44. The van der Waals surface area contributed by atoms with Crippen LogP contribution < -0.4 is 4.74 Å². The molecule has 0 bridgehead atoms. The minimum Gasteiger partial charge on any atom is -0.406 e. The van der Waals surface area contributed by atoms with Crippen LogP contribution in [0.2, 0.25) is 0 Å². The number of sulfonamides is 1. The first-order valence-electron chi connectivity index (χ1n) is 9.38.